The average Bonchev–Trinajstić information content (AvgIpc) is 3.17. The molecular formula is C23H18ClN3O. The highest BCUT2D eigenvalue weighted by atomic mass is 35.5. The molecule has 0 aliphatic heterocycles. The monoisotopic (exact) mass is 387 g/mol. The van der Waals surface area contributed by atoms with Gasteiger partial charge in [-0.1, -0.05) is 77.4 Å². The summed E-state index contributed by atoms with van der Waals surface area (Å²) in [5, 5.41) is 9.57. The first-order chi connectivity index (χ1) is 13.8. The Balaban J connectivity index is 1.61. The lowest BCUT2D eigenvalue weighted by molar-refractivity contribution is 0.132. The first kappa shape index (κ1) is 18.0. The molecule has 0 unspecified atom stereocenters. The van der Waals surface area contributed by atoms with Gasteiger partial charge in [-0.05, 0) is 29.8 Å². The lowest BCUT2D eigenvalue weighted by atomic mass is 10.1. The Labute approximate surface area is 168 Å². The van der Waals surface area contributed by atoms with Crippen LogP contribution in [-0.2, 0) is 11.4 Å². The van der Waals surface area contributed by atoms with Crippen molar-refractivity contribution in [2.24, 2.45) is 5.16 Å². The topological polar surface area (TPSA) is 39.4 Å². The maximum Gasteiger partial charge on any atom is 0.142 e. The Hall–Kier alpha value is -3.37. The van der Waals surface area contributed by atoms with Crippen molar-refractivity contribution in [3.8, 4) is 16.9 Å². The SMILES string of the molecule is Clc1ccc(-c2nn(-c3ccccc3)cc2/C=N/OCc2ccccc2)cc1. The van der Waals surface area contributed by atoms with Crippen LogP contribution in [0.2, 0.25) is 5.02 Å². The third-order valence-corrected chi connectivity index (χ3v) is 4.47. The second-order valence-corrected chi connectivity index (χ2v) is 6.65. The first-order valence-corrected chi connectivity index (χ1v) is 9.28. The summed E-state index contributed by atoms with van der Waals surface area (Å²) in [5.41, 5.74) is 4.68. The van der Waals surface area contributed by atoms with Gasteiger partial charge in [-0.15, -0.1) is 0 Å². The van der Waals surface area contributed by atoms with Crippen molar-refractivity contribution in [1.29, 1.82) is 0 Å². The molecule has 4 rings (SSSR count). The summed E-state index contributed by atoms with van der Waals surface area (Å²) in [6.07, 6.45) is 3.63. The number of para-hydroxylation sites is 1. The Kier molecular flexibility index (Phi) is 5.50. The molecule has 28 heavy (non-hydrogen) atoms. The molecule has 138 valence electrons. The summed E-state index contributed by atoms with van der Waals surface area (Å²) in [6.45, 7) is 0.417. The Morgan fingerprint density at radius 2 is 1.57 bits per heavy atom. The zero-order chi connectivity index (χ0) is 19.2. The van der Waals surface area contributed by atoms with Crippen LogP contribution in [0.25, 0.3) is 16.9 Å². The van der Waals surface area contributed by atoms with Crippen molar-refractivity contribution in [2.75, 3.05) is 0 Å². The van der Waals surface area contributed by atoms with Crippen molar-refractivity contribution >= 4 is 17.8 Å². The van der Waals surface area contributed by atoms with Gasteiger partial charge >= 0.3 is 0 Å². The minimum absolute atomic E-state index is 0.417. The molecule has 0 amide bonds. The van der Waals surface area contributed by atoms with Gasteiger partial charge in [-0.2, -0.15) is 5.10 Å². The highest BCUT2D eigenvalue weighted by molar-refractivity contribution is 6.30. The van der Waals surface area contributed by atoms with Gasteiger partial charge in [0.15, 0.2) is 0 Å². The molecule has 0 aliphatic rings. The second kappa shape index (κ2) is 8.55. The van der Waals surface area contributed by atoms with E-state index in [-0.39, 0.29) is 0 Å². The zero-order valence-corrected chi connectivity index (χ0v) is 15.8. The average molecular weight is 388 g/mol. The quantitative estimate of drug-likeness (QED) is 0.312. The lowest BCUT2D eigenvalue weighted by Gasteiger charge is -2.01. The molecule has 1 heterocycles. The van der Waals surface area contributed by atoms with Crippen LogP contribution in [0.3, 0.4) is 0 Å². The van der Waals surface area contributed by atoms with Gasteiger partial charge < -0.3 is 4.84 Å². The molecule has 0 fully saturated rings. The van der Waals surface area contributed by atoms with Crippen LogP contribution in [0.1, 0.15) is 11.1 Å². The maximum atomic E-state index is 6.03. The predicted octanol–water partition coefficient (Wildman–Crippen LogP) is 5.74. The predicted molar refractivity (Wildman–Crippen MR) is 113 cm³/mol. The standard InChI is InChI=1S/C23H18ClN3O/c24-21-13-11-19(12-14-21)23-20(15-25-28-17-18-7-3-1-4-8-18)16-27(26-23)22-9-5-2-6-10-22/h1-16H,17H2/b25-15+. The zero-order valence-electron chi connectivity index (χ0n) is 15.1. The summed E-state index contributed by atoms with van der Waals surface area (Å²) in [6, 6.07) is 27.5. The molecule has 4 aromatic rings. The maximum absolute atomic E-state index is 6.03. The van der Waals surface area contributed by atoms with E-state index in [9.17, 15) is 0 Å². The van der Waals surface area contributed by atoms with Crippen LogP contribution in [0.4, 0.5) is 0 Å². The largest absolute Gasteiger partial charge is 0.391 e. The molecule has 0 atom stereocenters. The van der Waals surface area contributed by atoms with Crippen LogP contribution in [0, 0.1) is 0 Å². The van der Waals surface area contributed by atoms with Crippen molar-refractivity contribution < 1.29 is 4.84 Å². The lowest BCUT2D eigenvalue weighted by Crippen LogP contribution is -1.93. The van der Waals surface area contributed by atoms with E-state index in [4.69, 9.17) is 21.5 Å². The van der Waals surface area contributed by atoms with Crippen molar-refractivity contribution in [3.63, 3.8) is 0 Å². The molecule has 0 aliphatic carbocycles. The summed E-state index contributed by atoms with van der Waals surface area (Å²) < 4.78 is 1.84. The fourth-order valence-electron chi connectivity index (χ4n) is 2.81. The number of hydrogen-bond donors (Lipinski definition) is 0. The molecular weight excluding hydrogens is 370 g/mol. The number of rotatable bonds is 6. The molecule has 0 spiro atoms. The minimum Gasteiger partial charge on any atom is -0.391 e. The van der Waals surface area contributed by atoms with Gasteiger partial charge in [0.05, 0.1) is 11.9 Å². The first-order valence-electron chi connectivity index (χ1n) is 8.90. The smallest absolute Gasteiger partial charge is 0.142 e. The fraction of sp³-hybridized carbons (Fsp3) is 0.0435. The van der Waals surface area contributed by atoms with E-state index >= 15 is 0 Å². The van der Waals surface area contributed by atoms with Gasteiger partial charge in [0.1, 0.15) is 12.3 Å². The van der Waals surface area contributed by atoms with Crippen LogP contribution in [0.15, 0.2) is 96.3 Å². The van der Waals surface area contributed by atoms with E-state index in [2.05, 4.69) is 5.16 Å². The van der Waals surface area contributed by atoms with E-state index in [1.54, 1.807) is 6.21 Å². The van der Waals surface area contributed by atoms with Crippen LogP contribution in [-0.4, -0.2) is 16.0 Å². The second-order valence-electron chi connectivity index (χ2n) is 6.21. The Morgan fingerprint density at radius 1 is 0.893 bits per heavy atom. The van der Waals surface area contributed by atoms with E-state index in [0.29, 0.717) is 11.6 Å². The molecule has 0 saturated carbocycles. The van der Waals surface area contributed by atoms with Crippen LogP contribution >= 0.6 is 11.6 Å². The van der Waals surface area contributed by atoms with Crippen LogP contribution in [0.5, 0.6) is 0 Å². The number of benzene rings is 3. The molecule has 4 nitrogen and oxygen atoms in total. The van der Waals surface area contributed by atoms with Gasteiger partial charge in [0, 0.05) is 22.3 Å². The van der Waals surface area contributed by atoms with Crippen molar-refractivity contribution in [1.82, 2.24) is 9.78 Å². The molecule has 0 bridgehead atoms. The number of aromatic nitrogens is 2. The Morgan fingerprint density at radius 3 is 2.29 bits per heavy atom. The molecule has 0 radical (unpaired) electrons. The normalized spacial score (nSPS) is 11.0. The van der Waals surface area contributed by atoms with E-state index in [0.717, 1.165) is 28.1 Å². The molecule has 5 heteroatoms. The molecule has 1 aromatic heterocycles. The highest BCUT2D eigenvalue weighted by Crippen LogP contribution is 2.24. The van der Waals surface area contributed by atoms with Crippen molar-refractivity contribution in [2.45, 2.75) is 6.61 Å². The molecule has 3 aromatic carbocycles. The summed E-state index contributed by atoms with van der Waals surface area (Å²) in [7, 11) is 0. The molecule has 0 N–H and O–H groups in total. The van der Waals surface area contributed by atoms with Crippen LogP contribution < -0.4 is 0 Å². The Bertz CT molecular complexity index is 1060. The number of hydrogen-bond acceptors (Lipinski definition) is 3. The fourth-order valence-corrected chi connectivity index (χ4v) is 2.93. The summed E-state index contributed by atoms with van der Waals surface area (Å²) in [4.78, 5) is 5.46. The van der Waals surface area contributed by atoms with E-state index < -0.39 is 0 Å². The summed E-state index contributed by atoms with van der Waals surface area (Å²) >= 11 is 6.03. The number of oxime groups is 1. The minimum atomic E-state index is 0.417. The third-order valence-electron chi connectivity index (χ3n) is 4.22. The molecule has 0 saturated heterocycles. The van der Waals surface area contributed by atoms with Gasteiger partial charge in [0.2, 0.25) is 0 Å². The number of nitrogens with zero attached hydrogens (tertiary/aromatic N) is 3. The highest BCUT2D eigenvalue weighted by Gasteiger charge is 2.11. The summed E-state index contributed by atoms with van der Waals surface area (Å²) in [5.74, 6) is 0. The van der Waals surface area contributed by atoms with E-state index in [1.807, 2.05) is 95.8 Å². The number of halogens is 1. The van der Waals surface area contributed by atoms with Gasteiger partial charge in [0.25, 0.3) is 0 Å². The van der Waals surface area contributed by atoms with Gasteiger partial charge in [-0.25, -0.2) is 4.68 Å². The van der Waals surface area contributed by atoms with Gasteiger partial charge in [-0.3, -0.25) is 0 Å². The van der Waals surface area contributed by atoms with Crippen molar-refractivity contribution in [3.05, 3.63) is 107 Å². The van der Waals surface area contributed by atoms with E-state index in [1.165, 1.54) is 0 Å². The third kappa shape index (κ3) is 4.30.